The summed E-state index contributed by atoms with van der Waals surface area (Å²) in [5.41, 5.74) is 0.772. The van der Waals surface area contributed by atoms with Gasteiger partial charge in [-0.3, -0.25) is 0 Å². The molecule has 0 spiro atoms. The van der Waals surface area contributed by atoms with Crippen LogP contribution in [0.4, 0.5) is 4.79 Å². The van der Waals surface area contributed by atoms with Crippen molar-refractivity contribution in [2.45, 2.75) is 25.3 Å². The van der Waals surface area contributed by atoms with Gasteiger partial charge in [-0.05, 0) is 6.42 Å². The van der Waals surface area contributed by atoms with E-state index in [1.165, 1.54) is 0 Å². The third-order valence-electron chi connectivity index (χ3n) is 3.03. The predicted molar refractivity (Wildman–Crippen MR) is 57.8 cm³/mol. The topological polar surface area (TPSA) is 74.2 Å². The summed E-state index contributed by atoms with van der Waals surface area (Å²) in [7, 11) is 0. The highest BCUT2D eigenvalue weighted by Gasteiger charge is 2.24. The average Bonchev–Trinajstić information content (AvgIpc) is 2.82. The van der Waals surface area contributed by atoms with Gasteiger partial charge < -0.3 is 20.2 Å². The molecule has 6 heteroatoms. The highest BCUT2D eigenvalue weighted by atomic mass is 16.5. The second kappa shape index (κ2) is 5.16. The summed E-state index contributed by atoms with van der Waals surface area (Å²) in [6, 6.07) is 0.118. The molecule has 2 aliphatic rings. The quantitative estimate of drug-likeness (QED) is 0.503. The minimum atomic E-state index is -0.0347. The molecule has 0 bridgehead atoms. The fraction of sp³-hybridized carbons (Fsp3) is 0.800. The van der Waals surface area contributed by atoms with Crippen LogP contribution in [0.3, 0.4) is 0 Å². The summed E-state index contributed by atoms with van der Waals surface area (Å²) in [5.74, 6) is 0. The Morgan fingerprint density at radius 2 is 2.25 bits per heavy atom. The van der Waals surface area contributed by atoms with Crippen molar-refractivity contribution in [2.24, 2.45) is 5.16 Å². The van der Waals surface area contributed by atoms with Gasteiger partial charge in [-0.2, -0.15) is 0 Å². The van der Waals surface area contributed by atoms with Crippen molar-refractivity contribution in [1.82, 2.24) is 10.2 Å². The van der Waals surface area contributed by atoms with Crippen molar-refractivity contribution in [3.8, 4) is 0 Å². The van der Waals surface area contributed by atoms with Gasteiger partial charge in [0.25, 0.3) is 0 Å². The lowest BCUT2D eigenvalue weighted by molar-refractivity contribution is 0.177. The zero-order chi connectivity index (χ0) is 11.4. The first kappa shape index (κ1) is 11.2. The van der Waals surface area contributed by atoms with Crippen molar-refractivity contribution >= 4 is 11.7 Å². The summed E-state index contributed by atoms with van der Waals surface area (Å²) in [6.07, 6.45) is 2.21. The van der Waals surface area contributed by atoms with E-state index in [-0.39, 0.29) is 12.1 Å². The van der Waals surface area contributed by atoms with E-state index in [2.05, 4.69) is 10.5 Å². The van der Waals surface area contributed by atoms with E-state index in [9.17, 15) is 4.79 Å². The number of urea groups is 1. The zero-order valence-corrected chi connectivity index (χ0v) is 9.19. The van der Waals surface area contributed by atoms with Gasteiger partial charge in [0.2, 0.25) is 0 Å². The number of nitrogens with one attached hydrogen (secondary N) is 1. The molecule has 2 rings (SSSR count). The van der Waals surface area contributed by atoms with Crippen LogP contribution in [0.15, 0.2) is 5.16 Å². The maximum Gasteiger partial charge on any atom is 0.317 e. The Hall–Kier alpha value is -1.30. The normalized spacial score (nSPS) is 25.6. The number of likely N-dealkylation sites (tertiary alicyclic amines) is 1. The summed E-state index contributed by atoms with van der Waals surface area (Å²) in [4.78, 5) is 13.6. The third kappa shape index (κ3) is 2.63. The van der Waals surface area contributed by atoms with Gasteiger partial charge in [-0.25, -0.2) is 4.79 Å². The van der Waals surface area contributed by atoms with Crippen LogP contribution >= 0.6 is 0 Å². The van der Waals surface area contributed by atoms with E-state index in [0.29, 0.717) is 32.5 Å². The van der Waals surface area contributed by atoms with Gasteiger partial charge in [0, 0.05) is 32.5 Å². The molecule has 0 aromatic carbocycles. The number of hydrogen-bond acceptors (Lipinski definition) is 4. The molecule has 2 fully saturated rings. The number of nitrogens with zero attached hydrogens (tertiary/aromatic N) is 2. The number of amides is 2. The Balaban J connectivity index is 1.77. The molecular formula is C10H17N3O3. The number of piperidine rings is 1. The van der Waals surface area contributed by atoms with E-state index in [1.807, 2.05) is 0 Å². The number of oxime groups is 1. The monoisotopic (exact) mass is 227 g/mol. The van der Waals surface area contributed by atoms with Crippen LogP contribution in [-0.4, -0.2) is 54.2 Å². The van der Waals surface area contributed by atoms with Crippen molar-refractivity contribution in [3.05, 3.63) is 0 Å². The highest BCUT2D eigenvalue weighted by molar-refractivity contribution is 5.86. The molecule has 2 heterocycles. The SMILES string of the molecule is O=C(NC1CCOC1)N1CCC(=NO)CC1. The summed E-state index contributed by atoms with van der Waals surface area (Å²) < 4.78 is 5.19. The smallest absolute Gasteiger partial charge is 0.317 e. The van der Waals surface area contributed by atoms with E-state index >= 15 is 0 Å². The molecule has 2 amide bonds. The largest absolute Gasteiger partial charge is 0.411 e. The molecule has 2 saturated heterocycles. The van der Waals surface area contributed by atoms with Gasteiger partial charge in [0.1, 0.15) is 0 Å². The molecule has 2 aliphatic heterocycles. The van der Waals surface area contributed by atoms with Gasteiger partial charge in [-0.15, -0.1) is 0 Å². The molecule has 0 aromatic heterocycles. The fourth-order valence-corrected chi connectivity index (χ4v) is 1.98. The Morgan fingerprint density at radius 3 is 2.81 bits per heavy atom. The van der Waals surface area contributed by atoms with Gasteiger partial charge in [0.05, 0.1) is 18.4 Å². The Morgan fingerprint density at radius 1 is 1.50 bits per heavy atom. The minimum Gasteiger partial charge on any atom is -0.411 e. The predicted octanol–water partition coefficient (Wildman–Crippen LogP) is 0.411. The number of carbonyl (C=O) groups excluding carboxylic acids is 1. The molecule has 0 aliphatic carbocycles. The molecule has 90 valence electrons. The molecule has 6 nitrogen and oxygen atoms in total. The van der Waals surface area contributed by atoms with Crippen molar-refractivity contribution < 1.29 is 14.7 Å². The molecule has 16 heavy (non-hydrogen) atoms. The number of ether oxygens (including phenoxy) is 1. The second-order valence-electron chi connectivity index (χ2n) is 4.16. The minimum absolute atomic E-state index is 0.0347. The van der Waals surface area contributed by atoms with E-state index in [4.69, 9.17) is 9.94 Å². The molecule has 1 unspecified atom stereocenters. The first-order chi connectivity index (χ1) is 7.79. The lowest BCUT2D eigenvalue weighted by atomic mass is 10.1. The first-order valence-corrected chi connectivity index (χ1v) is 5.62. The van der Waals surface area contributed by atoms with Crippen LogP contribution in [0, 0.1) is 0 Å². The number of carbonyl (C=O) groups is 1. The lowest BCUT2D eigenvalue weighted by Crippen LogP contribution is -2.48. The van der Waals surface area contributed by atoms with Crippen LogP contribution < -0.4 is 5.32 Å². The van der Waals surface area contributed by atoms with Crippen LogP contribution in [0.25, 0.3) is 0 Å². The summed E-state index contributed by atoms with van der Waals surface area (Å²) in [5, 5.41) is 14.7. The number of rotatable bonds is 1. The Bertz CT molecular complexity index is 277. The molecule has 1 atom stereocenters. The van der Waals surface area contributed by atoms with Gasteiger partial charge >= 0.3 is 6.03 Å². The van der Waals surface area contributed by atoms with Gasteiger partial charge in [0.15, 0.2) is 0 Å². The molecule has 0 radical (unpaired) electrons. The summed E-state index contributed by atoms with van der Waals surface area (Å²) in [6.45, 7) is 2.59. The molecule has 0 aromatic rings. The van der Waals surface area contributed by atoms with Gasteiger partial charge in [-0.1, -0.05) is 5.16 Å². The zero-order valence-electron chi connectivity index (χ0n) is 9.19. The van der Waals surface area contributed by atoms with E-state index < -0.39 is 0 Å². The van der Waals surface area contributed by atoms with Crippen molar-refractivity contribution in [2.75, 3.05) is 26.3 Å². The molecule has 0 saturated carbocycles. The van der Waals surface area contributed by atoms with Crippen molar-refractivity contribution in [1.29, 1.82) is 0 Å². The Labute approximate surface area is 94.2 Å². The lowest BCUT2D eigenvalue weighted by Gasteiger charge is -2.28. The second-order valence-corrected chi connectivity index (χ2v) is 4.16. The Kier molecular flexibility index (Phi) is 3.61. The third-order valence-corrected chi connectivity index (χ3v) is 3.03. The maximum absolute atomic E-state index is 11.8. The van der Waals surface area contributed by atoms with Crippen LogP contribution in [0.5, 0.6) is 0 Å². The molecular weight excluding hydrogens is 210 g/mol. The van der Waals surface area contributed by atoms with E-state index in [1.54, 1.807) is 4.90 Å². The number of hydrogen-bond donors (Lipinski definition) is 2. The van der Waals surface area contributed by atoms with Crippen molar-refractivity contribution in [3.63, 3.8) is 0 Å². The fourth-order valence-electron chi connectivity index (χ4n) is 1.98. The average molecular weight is 227 g/mol. The highest BCUT2D eigenvalue weighted by Crippen LogP contribution is 2.09. The molecule has 2 N–H and O–H groups in total. The summed E-state index contributed by atoms with van der Waals surface area (Å²) >= 11 is 0. The van der Waals surface area contributed by atoms with Crippen LogP contribution in [-0.2, 0) is 4.74 Å². The first-order valence-electron chi connectivity index (χ1n) is 5.62. The van der Waals surface area contributed by atoms with Crippen LogP contribution in [0.1, 0.15) is 19.3 Å². The standard InChI is InChI=1S/C10H17N3O3/c14-10(11-9-3-6-16-7-9)13-4-1-8(12-15)2-5-13/h9,15H,1-7H2,(H,11,14). The maximum atomic E-state index is 11.8. The van der Waals surface area contributed by atoms with E-state index in [0.717, 1.165) is 18.7 Å². The van der Waals surface area contributed by atoms with Crippen LogP contribution in [0.2, 0.25) is 0 Å².